The number of benzene rings is 2. The zero-order chi connectivity index (χ0) is 15.2. The first-order valence-electron chi connectivity index (χ1n) is 7.17. The van der Waals surface area contributed by atoms with E-state index in [4.69, 9.17) is 0 Å². The van der Waals surface area contributed by atoms with Gasteiger partial charge in [-0.05, 0) is 42.7 Å². The Morgan fingerprint density at radius 2 is 1.62 bits per heavy atom. The largest absolute Gasteiger partial charge is 0.504 e. The lowest BCUT2D eigenvalue weighted by Crippen LogP contribution is -2.00. The van der Waals surface area contributed by atoms with Crippen LogP contribution in [0.5, 0.6) is 17.2 Å². The summed E-state index contributed by atoms with van der Waals surface area (Å²) in [5, 5.41) is 31.7. The molecule has 0 aliphatic carbocycles. The number of hydrogen-bond donors (Lipinski definition) is 4. The number of anilines is 1. The predicted octanol–water partition coefficient (Wildman–Crippen LogP) is 3.76. The zero-order valence-corrected chi connectivity index (χ0v) is 12.1. The fourth-order valence-electron chi connectivity index (χ4n) is 2.12. The third-order valence-corrected chi connectivity index (χ3v) is 3.47. The molecule has 0 saturated heterocycles. The Hall–Kier alpha value is -2.36. The topological polar surface area (TPSA) is 72.7 Å². The van der Waals surface area contributed by atoms with Crippen molar-refractivity contribution in [3.8, 4) is 17.2 Å². The summed E-state index contributed by atoms with van der Waals surface area (Å²) in [6.07, 6.45) is 3.46. The molecule has 0 saturated carbocycles. The molecule has 4 nitrogen and oxygen atoms in total. The van der Waals surface area contributed by atoms with Crippen LogP contribution in [0.15, 0.2) is 36.4 Å². The molecule has 0 bridgehead atoms. The molecule has 0 aromatic heterocycles. The molecule has 4 N–H and O–H groups in total. The molecule has 4 heteroatoms. The summed E-state index contributed by atoms with van der Waals surface area (Å²) >= 11 is 0. The van der Waals surface area contributed by atoms with Crippen LogP contribution in [0.3, 0.4) is 0 Å². The Kier molecular flexibility index (Phi) is 4.93. The van der Waals surface area contributed by atoms with E-state index in [0.717, 1.165) is 12.1 Å². The summed E-state index contributed by atoms with van der Waals surface area (Å²) < 4.78 is 0. The molecule has 112 valence electrons. The minimum absolute atomic E-state index is 0.290. The van der Waals surface area contributed by atoms with Gasteiger partial charge in [-0.3, -0.25) is 0 Å². The summed E-state index contributed by atoms with van der Waals surface area (Å²) in [6, 6.07) is 11.1. The maximum absolute atomic E-state index is 9.75. The Labute approximate surface area is 124 Å². The van der Waals surface area contributed by atoms with Gasteiger partial charge in [-0.15, -0.1) is 0 Å². The SMILES string of the molecule is CCCCc1ccc(NCc2ccc(O)c(O)c2O)cc1. The second-order valence-electron chi connectivity index (χ2n) is 5.10. The maximum Gasteiger partial charge on any atom is 0.200 e. The van der Waals surface area contributed by atoms with Crippen LogP contribution in [0.4, 0.5) is 5.69 Å². The van der Waals surface area contributed by atoms with Crippen LogP contribution < -0.4 is 5.32 Å². The second-order valence-corrected chi connectivity index (χ2v) is 5.10. The number of nitrogens with one attached hydrogen (secondary N) is 1. The van der Waals surface area contributed by atoms with Gasteiger partial charge in [-0.1, -0.05) is 25.5 Å². The highest BCUT2D eigenvalue weighted by atomic mass is 16.3. The van der Waals surface area contributed by atoms with Crippen LogP contribution in [0.25, 0.3) is 0 Å². The lowest BCUT2D eigenvalue weighted by molar-refractivity contribution is 0.365. The van der Waals surface area contributed by atoms with E-state index < -0.39 is 5.75 Å². The van der Waals surface area contributed by atoms with Crippen molar-refractivity contribution >= 4 is 5.69 Å². The first-order chi connectivity index (χ1) is 10.1. The van der Waals surface area contributed by atoms with E-state index in [1.165, 1.54) is 24.5 Å². The van der Waals surface area contributed by atoms with Gasteiger partial charge in [0.15, 0.2) is 11.5 Å². The minimum Gasteiger partial charge on any atom is -0.504 e. The van der Waals surface area contributed by atoms with E-state index in [1.54, 1.807) is 6.07 Å². The quantitative estimate of drug-likeness (QED) is 0.610. The smallest absolute Gasteiger partial charge is 0.200 e. The number of phenols is 3. The number of unbranched alkanes of at least 4 members (excludes halogenated alkanes) is 1. The van der Waals surface area contributed by atoms with Crippen molar-refractivity contribution in [2.75, 3.05) is 5.32 Å². The van der Waals surface area contributed by atoms with Gasteiger partial charge in [0.25, 0.3) is 0 Å². The van der Waals surface area contributed by atoms with E-state index in [-0.39, 0.29) is 11.5 Å². The van der Waals surface area contributed by atoms with Crippen LogP contribution in [-0.2, 0) is 13.0 Å². The molecule has 2 rings (SSSR count). The van der Waals surface area contributed by atoms with Gasteiger partial charge in [0.05, 0.1) is 0 Å². The number of phenolic OH excluding ortho intramolecular Hbond substituents is 3. The number of rotatable bonds is 6. The molecular weight excluding hydrogens is 266 g/mol. The van der Waals surface area contributed by atoms with Crippen LogP contribution in [0, 0.1) is 0 Å². The van der Waals surface area contributed by atoms with Gasteiger partial charge in [0.1, 0.15) is 0 Å². The van der Waals surface area contributed by atoms with E-state index in [0.29, 0.717) is 12.1 Å². The maximum atomic E-state index is 9.75. The van der Waals surface area contributed by atoms with Gasteiger partial charge in [0.2, 0.25) is 5.75 Å². The van der Waals surface area contributed by atoms with Crippen LogP contribution in [-0.4, -0.2) is 15.3 Å². The molecule has 0 unspecified atom stereocenters. The van der Waals surface area contributed by atoms with Gasteiger partial charge in [-0.25, -0.2) is 0 Å². The van der Waals surface area contributed by atoms with Crippen LogP contribution >= 0.6 is 0 Å². The first-order valence-corrected chi connectivity index (χ1v) is 7.17. The average Bonchev–Trinajstić information content (AvgIpc) is 2.51. The van der Waals surface area contributed by atoms with Crippen molar-refractivity contribution in [3.63, 3.8) is 0 Å². The van der Waals surface area contributed by atoms with Gasteiger partial charge in [-0.2, -0.15) is 0 Å². The monoisotopic (exact) mass is 287 g/mol. The molecule has 0 atom stereocenters. The Bertz CT molecular complexity index is 594. The molecule has 0 radical (unpaired) electrons. The van der Waals surface area contributed by atoms with Gasteiger partial charge >= 0.3 is 0 Å². The van der Waals surface area contributed by atoms with Crippen molar-refractivity contribution in [1.82, 2.24) is 0 Å². The molecular formula is C17H21NO3. The van der Waals surface area contributed by atoms with Crippen molar-refractivity contribution in [3.05, 3.63) is 47.5 Å². The predicted molar refractivity (Wildman–Crippen MR) is 83.8 cm³/mol. The molecule has 2 aromatic rings. The number of aromatic hydroxyl groups is 3. The van der Waals surface area contributed by atoms with Crippen LogP contribution in [0.2, 0.25) is 0 Å². The second kappa shape index (κ2) is 6.88. The Morgan fingerprint density at radius 1 is 0.905 bits per heavy atom. The summed E-state index contributed by atoms with van der Waals surface area (Å²) in [5.74, 6) is -1.09. The average molecular weight is 287 g/mol. The third-order valence-electron chi connectivity index (χ3n) is 3.47. The normalized spacial score (nSPS) is 10.5. The molecule has 0 amide bonds. The van der Waals surface area contributed by atoms with Crippen molar-refractivity contribution < 1.29 is 15.3 Å². The highest BCUT2D eigenvalue weighted by Crippen LogP contribution is 2.37. The molecule has 0 fully saturated rings. The fourth-order valence-corrected chi connectivity index (χ4v) is 2.12. The first kappa shape index (κ1) is 15.0. The summed E-state index contributed by atoms with van der Waals surface area (Å²) in [7, 11) is 0. The fraction of sp³-hybridized carbons (Fsp3) is 0.294. The highest BCUT2D eigenvalue weighted by Gasteiger charge is 2.10. The summed E-state index contributed by atoms with van der Waals surface area (Å²) in [6.45, 7) is 2.55. The molecule has 0 heterocycles. The number of aryl methyl sites for hydroxylation is 1. The Morgan fingerprint density at radius 3 is 2.29 bits per heavy atom. The van der Waals surface area contributed by atoms with Gasteiger partial charge in [0, 0.05) is 17.8 Å². The Balaban J connectivity index is 1.98. The van der Waals surface area contributed by atoms with Crippen LogP contribution in [0.1, 0.15) is 30.9 Å². The zero-order valence-electron chi connectivity index (χ0n) is 12.1. The molecule has 21 heavy (non-hydrogen) atoms. The van der Waals surface area contributed by atoms with Crippen molar-refractivity contribution in [1.29, 1.82) is 0 Å². The standard InChI is InChI=1S/C17H21NO3/c1-2-3-4-12-5-8-14(9-6-12)18-11-13-7-10-15(19)17(21)16(13)20/h5-10,18-21H,2-4,11H2,1H3. The van der Waals surface area contributed by atoms with E-state index in [9.17, 15) is 15.3 Å². The summed E-state index contributed by atoms with van der Waals surface area (Å²) in [5.41, 5.74) is 2.79. The van der Waals surface area contributed by atoms with E-state index in [1.807, 2.05) is 12.1 Å². The van der Waals surface area contributed by atoms with Crippen molar-refractivity contribution in [2.45, 2.75) is 32.7 Å². The lowest BCUT2D eigenvalue weighted by Gasteiger charge is -2.10. The summed E-state index contributed by atoms with van der Waals surface area (Å²) in [4.78, 5) is 0. The van der Waals surface area contributed by atoms with E-state index >= 15 is 0 Å². The lowest BCUT2D eigenvalue weighted by atomic mass is 10.1. The molecule has 2 aromatic carbocycles. The molecule has 0 aliphatic rings. The minimum atomic E-state index is -0.482. The van der Waals surface area contributed by atoms with E-state index in [2.05, 4.69) is 24.4 Å². The number of hydrogen-bond acceptors (Lipinski definition) is 4. The molecule has 0 aliphatic heterocycles. The molecule has 0 spiro atoms. The van der Waals surface area contributed by atoms with Crippen molar-refractivity contribution in [2.24, 2.45) is 0 Å². The van der Waals surface area contributed by atoms with Gasteiger partial charge < -0.3 is 20.6 Å². The highest BCUT2D eigenvalue weighted by molar-refractivity contribution is 5.54. The third kappa shape index (κ3) is 3.81.